The average molecular weight is 513 g/mol. The van der Waals surface area contributed by atoms with Crippen molar-refractivity contribution in [1.29, 1.82) is 0 Å². The Bertz CT molecular complexity index is 604. The van der Waals surface area contributed by atoms with Gasteiger partial charge in [0.2, 0.25) is 6.17 Å². The zero-order valence-electron chi connectivity index (χ0n) is 12.0. The molecule has 0 nitrogen and oxygen atoms in total. The molecule has 0 fully saturated rings. The van der Waals surface area contributed by atoms with Gasteiger partial charge < -0.3 is 0 Å². The van der Waals surface area contributed by atoms with Gasteiger partial charge in [0.1, 0.15) is 5.03 Å². The Balaban J connectivity index is 6.51. The van der Waals surface area contributed by atoms with Crippen LogP contribution in [0.15, 0.2) is 11.1 Å². The van der Waals surface area contributed by atoms with Crippen LogP contribution in [0, 0.1) is 0 Å². The molecule has 2 unspecified atom stereocenters. The second-order valence-corrected chi connectivity index (χ2v) is 6.58. The molecule has 168 valence electrons. The largest absolute Gasteiger partial charge is 0.425 e. The molecule has 0 bridgehead atoms. The monoisotopic (exact) mass is 512 g/mol. The van der Waals surface area contributed by atoms with E-state index in [1.807, 2.05) is 0 Å². The number of allylic oxidation sites excluding steroid dienone is 1. The van der Waals surface area contributed by atoms with Gasteiger partial charge in [0.25, 0.3) is 16.6 Å². The van der Waals surface area contributed by atoms with Crippen LogP contribution in [-0.2, 0) is 0 Å². The fourth-order valence-electron chi connectivity index (χ4n) is 1.39. The summed E-state index contributed by atoms with van der Waals surface area (Å²) in [5.74, 6) is -29.0. The first kappa shape index (κ1) is 27.6. The van der Waals surface area contributed by atoms with Crippen LogP contribution in [0.25, 0.3) is 0 Å². The summed E-state index contributed by atoms with van der Waals surface area (Å²) in [5.41, 5.74) is 0. The highest BCUT2D eigenvalue weighted by atomic mass is 35.5. The molecule has 0 amide bonds. The summed E-state index contributed by atoms with van der Waals surface area (Å²) in [6.07, 6.45) is -21.3. The summed E-state index contributed by atoms with van der Waals surface area (Å²) in [4.78, 5) is 0. The van der Waals surface area contributed by atoms with Crippen LogP contribution in [0.3, 0.4) is 0 Å². The zero-order valence-corrected chi connectivity index (χ0v) is 14.2. The molecular weight excluding hydrogens is 511 g/mol. The molecule has 0 rings (SSSR count). The summed E-state index contributed by atoms with van der Waals surface area (Å²) in [6, 6.07) is 0. The number of halogens is 18. The fourth-order valence-corrected chi connectivity index (χ4v) is 1.96. The van der Waals surface area contributed by atoms with Crippen molar-refractivity contribution < 1.29 is 65.9 Å². The SMILES string of the molecule is FC(F)=C(Cl)C(F)C(F)(F)C(F)(F)C(F)(F)C(Cl)(Cl)C(F)(F)C(F)C(F)(F)F. The lowest BCUT2D eigenvalue weighted by molar-refractivity contribution is -0.345. The van der Waals surface area contributed by atoms with Gasteiger partial charge in [-0.1, -0.05) is 34.8 Å². The van der Waals surface area contributed by atoms with Crippen molar-refractivity contribution in [2.24, 2.45) is 0 Å². The first-order valence-electron chi connectivity index (χ1n) is 5.86. The molecule has 0 spiro atoms. The Kier molecular flexibility index (Phi) is 7.55. The van der Waals surface area contributed by atoms with E-state index in [1.165, 1.54) is 0 Å². The summed E-state index contributed by atoms with van der Waals surface area (Å²) < 4.78 is 187. The maximum Gasteiger partial charge on any atom is 0.425 e. The van der Waals surface area contributed by atoms with E-state index in [9.17, 15) is 65.9 Å². The molecule has 0 radical (unpaired) electrons. The van der Waals surface area contributed by atoms with Crippen LogP contribution in [-0.4, -0.2) is 46.5 Å². The Morgan fingerprint density at radius 1 is 0.643 bits per heavy atom. The summed E-state index contributed by atoms with van der Waals surface area (Å²) in [5, 5.41) is -3.07. The second kappa shape index (κ2) is 7.67. The second-order valence-electron chi connectivity index (χ2n) is 4.84. The zero-order chi connectivity index (χ0) is 23.3. The van der Waals surface area contributed by atoms with E-state index in [2.05, 4.69) is 34.8 Å². The van der Waals surface area contributed by atoms with Crippen molar-refractivity contribution in [2.45, 2.75) is 46.5 Å². The Hall–Kier alpha value is -0.440. The highest BCUT2D eigenvalue weighted by molar-refractivity contribution is 6.50. The molecule has 0 aromatic carbocycles. The van der Waals surface area contributed by atoms with Gasteiger partial charge in [0.15, 0.2) is 0 Å². The molecule has 0 aliphatic rings. The van der Waals surface area contributed by atoms with Crippen LogP contribution in [0.4, 0.5) is 65.9 Å². The van der Waals surface area contributed by atoms with Crippen molar-refractivity contribution in [3.05, 3.63) is 11.1 Å². The van der Waals surface area contributed by atoms with Gasteiger partial charge in [-0.3, -0.25) is 0 Å². The average Bonchev–Trinajstić information content (AvgIpc) is 2.50. The van der Waals surface area contributed by atoms with Gasteiger partial charge in [-0.25, -0.2) is 8.78 Å². The summed E-state index contributed by atoms with van der Waals surface area (Å²) in [7, 11) is 0. The van der Waals surface area contributed by atoms with Gasteiger partial charge in [0.05, 0.1) is 0 Å². The smallest absolute Gasteiger partial charge is 0.234 e. The normalized spacial score (nSPS) is 17.4. The topological polar surface area (TPSA) is 0 Å². The van der Waals surface area contributed by atoms with E-state index in [1.54, 1.807) is 0 Å². The quantitative estimate of drug-likeness (QED) is 0.248. The molecular formula is C10H2Cl3F15. The van der Waals surface area contributed by atoms with Crippen molar-refractivity contribution >= 4 is 34.8 Å². The minimum absolute atomic E-state index is 3.07. The third-order valence-electron chi connectivity index (χ3n) is 2.95. The summed E-state index contributed by atoms with van der Waals surface area (Å²) in [6.45, 7) is 0. The van der Waals surface area contributed by atoms with Gasteiger partial charge in [0, 0.05) is 0 Å². The maximum atomic E-state index is 13.6. The molecule has 0 aliphatic heterocycles. The highest BCUT2D eigenvalue weighted by Gasteiger charge is 2.87. The first-order valence-corrected chi connectivity index (χ1v) is 7.00. The first-order chi connectivity index (χ1) is 11.9. The summed E-state index contributed by atoms with van der Waals surface area (Å²) >= 11 is 12.3. The minimum Gasteiger partial charge on any atom is -0.234 e. The van der Waals surface area contributed by atoms with E-state index < -0.39 is 57.7 Å². The third-order valence-corrected chi connectivity index (χ3v) is 4.27. The van der Waals surface area contributed by atoms with Crippen molar-refractivity contribution in [1.82, 2.24) is 0 Å². The predicted octanol–water partition coefficient (Wildman–Crippen LogP) is 7.29. The van der Waals surface area contributed by atoms with Gasteiger partial charge in [-0.15, -0.1) is 0 Å². The minimum atomic E-state index is -7.59. The molecule has 2 atom stereocenters. The van der Waals surface area contributed by atoms with Crippen molar-refractivity contribution in [3.63, 3.8) is 0 Å². The van der Waals surface area contributed by atoms with E-state index >= 15 is 0 Å². The molecule has 0 aliphatic carbocycles. The molecule has 0 saturated heterocycles. The van der Waals surface area contributed by atoms with Crippen molar-refractivity contribution in [2.75, 3.05) is 0 Å². The van der Waals surface area contributed by atoms with Crippen LogP contribution in [0.5, 0.6) is 0 Å². The van der Waals surface area contributed by atoms with Crippen LogP contribution in [0.1, 0.15) is 0 Å². The van der Waals surface area contributed by atoms with Gasteiger partial charge in [-0.2, -0.15) is 57.1 Å². The Morgan fingerprint density at radius 2 is 1.00 bits per heavy atom. The maximum absolute atomic E-state index is 13.6. The van der Waals surface area contributed by atoms with E-state index in [4.69, 9.17) is 0 Å². The molecule has 0 aromatic heterocycles. The Morgan fingerprint density at radius 3 is 1.29 bits per heavy atom. The fraction of sp³-hybridized carbons (Fsp3) is 0.800. The molecule has 0 aromatic rings. The Labute approximate surface area is 159 Å². The van der Waals surface area contributed by atoms with Gasteiger partial charge >= 0.3 is 29.9 Å². The molecule has 0 N–H and O–H groups in total. The lowest BCUT2D eigenvalue weighted by atomic mass is 9.92. The van der Waals surface area contributed by atoms with E-state index in [0.717, 1.165) is 0 Å². The number of alkyl halides is 15. The van der Waals surface area contributed by atoms with Gasteiger partial charge in [-0.05, 0) is 0 Å². The highest BCUT2D eigenvalue weighted by Crippen LogP contribution is 2.62. The number of rotatable bonds is 7. The van der Waals surface area contributed by atoms with Crippen LogP contribution >= 0.6 is 34.8 Å². The van der Waals surface area contributed by atoms with Crippen LogP contribution < -0.4 is 0 Å². The standard InChI is InChI=1S/C10H2Cl3F15/c11-1(3(15)16)2(14)5(18,19)9(25,26)10(27,28)8(12,13)6(20,21)4(17)7(22,23)24/h2,4H. The number of hydrogen-bond acceptors (Lipinski definition) is 0. The lowest BCUT2D eigenvalue weighted by Gasteiger charge is -2.43. The molecule has 18 heteroatoms. The van der Waals surface area contributed by atoms with E-state index in [-0.39, 0.29) is 0 Å². The molecule has 0 saturated carbocycles. The van der Waals surface area contributed by atoms with Crippen molar-refractivity contribution in [3.8, 4) is 0 Å². The molecule has 28 heavy (non-hydrogen) atoms. The third kappa shape index (κ3) is 4.07. The number of hydrogen-bond donors (Lipinski definition) is 0. The van der Waals surface area contributed by atoms with E-state index in [0.29, 0.717) is 0 Å². The van der Waals surface area contributed by atoms with Crippen LogP contribution in [0.2, 0.25) is 0 Å². The molecule has 0 heterocycles. The predicted molar refractivity (Wildman–Crippen MR) is 65.2 cm³/mol. The lowest BCUT2D eigenvalue weighted by Crippen LogP contribution is -2.70.